The fraction of sp³-hybridized carbons (Fsp3) is 0.833. The summed E-state index contributed by atoms with van der Waals surface area (Å²) >= 11 is 0. The zero-order valence-electron chi connectivity index (χ0n) is 11.9. The summed E-state index contributed by atoms with van der Waals surface area (Å²) in [6.45, 7) is 1.16. The van der Waals surface area contributed by atoms with Gasteiger partial charge in [-0.3, -0.25) is 9.59 Å². The number of amides is 1. The van der Waals surface area contributed by atoms with Crippen LogP contribution in [-0.2, 0) is 19.6 Å². The number of carboxylic acids is 1. The molecule has 0 radical (unpaired) electrons. The molecule has 1 rings (SSSR count). The molecule has 1 amide bonds. The van der Waals surface area contributed by atoms with Gasteiger partial charge in [0.1, 0.15) is 0 Å². The molecule has 0 spiro atoms. The van der Waals surface area contributed by atoms with E-state index in [-0.39, 0.29) is 18.2 Å². The summed E-state index contributed by atoms with van der Waals surface area (Å²) in [5.74, 6) is -1.06. The van der Waals surface area contributed by atoms with E-state index in [1.807, 2.05) is 0 Å². The molecule has 0 atom stereocenters. The zero-order valence-corrected chi connectivity index (χ0v) is 12.7. The van der Waals surface area contributed by atoms with Gasteiger partial charge in [-0.2, -0.15) is 0 Å². The zero-order chi connectivity index (χ0) is 15.3. The molecule has 1 aliphatic heterocycles. The van der Waals surface area contributed by atoms with Crippen molar-refractivity contribution in [2.45, 2.75) is 25.7 Å². The maximum absolute atomic E-state index is 12.1. The minimum Gasteiger partial charge on any atom is -0.481 e. The highest BCUT2D eigenvalue weighted by molar-refractivity contribution is 7.88. The van der Waals surface area contributed by atoms with Crippen molar-refractivity contribution < 1.29 is 23.1 Å². The summed E-state index contributed by atoms with van der Waals surface area (Å²) < 4.78 is 24.1. The lowest BCUT2D eigenvalue weighted by Gasteiger charge is -2.31. The molecule has 1 saturated heterocycles. The van der Waals surface area contributed by atoms with Gasteiger partial charge >= 0.3 is 5.97 Å². The van der Waals surface area contributed by atoms with Gasteiger partial charge < -0.3 is 10.0 Å². The van der Waals surface area contributed by atoms with Crippen LogP contribution in [0.3, 0.4) is 0 Å². The van der Waals surface area contributed by atoms with E-state index >= 15 is 0 Å². The molecule has 1 N–H and O–H groups in total. The highest BCUT2D eigenvalue weighted by atomic mass is 32.2. The van der Waals surface area contributed by atoms with Crippen molar-refractivity contribution in [1.82, 2.24) is 9.21 Å². The number of piperidine rings is 1. The predicted molar refractivity (Wildman–Crippen MR) is 73.6 cm³/mol. The molecule has 0 aliphatic carbocycles. The van der Waals surface area contributed by atoms with Crippen LogP contribution in [0.25, 0.3) is 0 Å². The quantitative estimate of drug-likeness (QED) is 0.744. The van der Waals surface area contributed by atoms with Gasteiger partial charge in [-0.05, 0) is 19.3 Å². The number of carboxylic acid groups (broad SMARTS) is 1. The van der Waals surface area contributed by atoms with Gasteiger partial charge in [0.05, 0.1) is 6.26 Å². The van der Waals surface area contributed by atoms with Gasteiger partial charge in [-0.25, -0.2) is 12.7 Å². The van der Waals surface area contributed by atoms with Crippen molar-refractivity contribution in [3.05, 3.63) is 0 Å². The molecule has 0 aromatic rings. The largest absolute Gasteiger partial charge is 0.481 e. The fourth-order valence-electron chi connectivity index (χ4n) is 2.32. The van der Waals surface area contributed by atoms with Gasteiger partial charge in [-0.1, -0.05) is 0 Å². The van der Waals surface area contributed by atoms with E-state index in [0.29, 0.717) is 38.9 Å². The van der Waals surface area contributed by atoms with E-state index in [2.05, 4.69) is 0 Å². The second kappa shape index (κ2) is 7.03. The smallest absolute Gasteiger partial charge is 0.303 e. The Morgan fingerprint density at radius 1 is 1.30 bits per heavy atom. The number of hydrogen-bond donors (Lipinski definition) is 1. The number of carbonyl (C=O) groups is 2. The molecule has 0 unspecified atom stereocenters. The van der Waals surface area contributed by atoms with Gasteiger partial charge in [0, 0.05) is 39.0 Å². The maximum Gasteiger partial charge on any atom is 0.303 e. The Morgan fingerprint density at radius 2 is 1.85 bits per heavy atom. The lowest BCUT2D eigenvalue weighted by atomic mass is 9.96. The molecule has 116 valence electrons. The molecule has 8 heteroatoms. The van der Waals surface area contributed by atoms with Crippen LogP contribution in [0, 0.1) is 5.92 Å². The Morgan fingerprint density at radius 3 is 2.30 bits per heavy atom. The number of aliphatic carboxylic acids is 1. The second-order valence-corrected chi connectivity index (χ2v) is 7.18. The van der Waals surface area contributed by atoms with E-state index in [1.54, 1.807) is 11.9 Å². The van der Waals surface area contributed by atoms with Crippen molar-refractivity contribution in [2.24, 2.45) is 5.92 Å². The molecular weight excluding hydrogens is 284 g/mol. The minimum atomic E-state index is -3.18. The molecule has 0 aromatic carbocycles. The molecule has 0 bridgehead atoms. The van der Waals surface area contributed by atoms with Gasteiger partial charge in [0.2, 0.25) is 15.9 Å². The lowest BCUT2D eigenvalue weighted by Crippen LogP contribution is -2.43. The second-order valence-electron chi connectivity index (χ2n) is 5.19. The van der Waals surface area contributed by atoms with Crippen LogP contribution in [0.2, 0.25) is 0 Å². The summed E-state index contributed by atoms with van der Waals surface area (Å²) in [6.07, 6.45) is 2.70. The first kappa shape index (κ1) is 16.9. The fourth-order valence-corrected chi connectivity index (χ4v) is 3.20. The summed E-state index contributed by atoms with van der Waals surface area (Å²) in [4.78, 5) is 24.1. The first-order valence-corrected chi connectivity index (χ1v) is 8.48. The van der Waals surface area contributed by atoms with Crippen molar-refractivity contribution >= 4 is 21.9 Å². The molecule has 0 saturated carbocycles. The first-order chi connectivity index (χ1) is 9.21. The maximum atomic E-state index is 12.1. The van der Waals surface area contributed by atoms with Crippen molar-refractivity contribution in [3.8, 4) is 0 Å². The third-order valence-electron chi connectivity index (χ3n) is 3.53. The molecule has 7 nitrogen and oxygen atoms in total. The van der Waals surface area contributed by atoms with Crippen LogP contribution in [0.1, 0.15) is 25.7 Å². The molecule has 1 heterocycles. The molecule has 0 aromatic heterocycles. The van der Waals surface area contributed by atoms with E-state index < -0.39 is 16.0 Å². The van der Waals surface area contributed by atoms with Gasteiger partial charge in [-0.15, -0.1) is 0 Å². The number of hydrogen-bond acceptors (Lipinski definition) is 4. The van der Waals surface area contributed by atoms with E-state index in [1.165, 1.54) is 10.6 Å². The van der Waals surface area contributed by atoms with Crippen LogP contribution in [-0.4, -0.2) is 67.5 Å². The third-order valence-corrected chi connectivity index (χ3v) is 4.84. The van der Waals surface area contributed by atoms with Crippen LogP contribution >= 0.6 is 0 Å². The van der Waals surface area contributed by atoms with Gasteiger partial charge in [0.25, 0.3) is 0 Å². The average Bonchev–Trinajstić information content (AvgIpc) is 2.36. The molecular formula is C12H22N2O5S. The topological polar surface area (TPSA) is 95.0 Å². The summed E-state index contributed by atoms with van der Waals surface area (Å²) in [6, 6.07) is 0. The molecule has 1 fully saturated rings. The Kier molecular flexibility index (Phi) is 5.94. The Balaban J connectivity index is 2.40. The first-order valence-electron chi connectivity index (χ1n) is 6.63. The van der Waals surface area contributed by atoms with Crippen LogP contribution in [0.4, 0.5) is 0 Å². The normalized spacial score (nSPS) is 17.9. The van der Waals surface area contributed by atoms with E-state index in [4.69, 9.17) is 5.11 Å². The van der Waals surface area contributed by atoms with Gasteiger partial charge in [0.15, 0.2) is 0 Å². The minimum absolute atomic E-state index is 0.0245. The number of rotatable bonds is 6. The Bertz CT molecular complexity index is 454. The Hall–Kier alpha value is -1.15. The van der Waals surface area contributed by atoms with Crippen LogP contribution in [0.5, 0.6) is 0 Å². The molecule has 20 heavy (non-hydrogen) atoms. The molecule has 1 aliphatic rings. The van der Waals surface area contributed by atoms with E-state index in [9.17, 15) is 18.0 Å². The summed E-state index contributed by atoms with van der Waals surface area (Å²) in [7, 11) is -1.52. The average molecular weight is 306 g/mol. The number of carbonyl (C=O) groups excluding carboxylic acids is 1. The van der Waals surface area contributed by atoms with Crippen molar-refractivity contribution in [1.29, 1.82) is 0 Å². The third kappa shape index (κ3) is 5.09. The standard InChI is InChI=1S/C12H22N2O5S/c1-13(7-3-4-11(15)16)12(17)10-5-8-14(9-6-10)20(2,18)19/h10H,3-9H2,1-2H3,(H,15,16). The summed E-state index contributed by atoms with van der Waals surface area (Å²) in [5, 5.41) is 8.55. The van der Waals surface area contributed by atoms with E-state index in [0.717, 1.165) is 0 Å². The van der Waals surface area contributed by atoms with Crippen LogP contribution < -0.4 is 0 Å². The van der Waals surface area contributed by atoms with Crippen molar-refractivity contribution in [2.75, 3.05) is 32.9 Å². The summed E-state index contributed by atoms with van der Waals surface area (Å²) in [5.41, 5.74) is 0. The Labute approximate surface area is 119 Å². The monoisotopic (exact) mass is 306 g/mol. The predicted octanol–water partition coefficient (Wildman–Crippen LogP) is -0.0188. The van der Waals surface area contributed by atoms with Crippen molar-refractivity contribution in [3.63, 3.8) is 0 Å². The highest BCUT2D eigenvalue weighted by Crippen LogP contribution is 2.21. The SMILES string of the molecule is CN(CCCC(=O)O)C(=O)C1CCN(S(C)(=O)=O)CC1. The number of sulfonamides is 1. The van der Waals surface area contributed by atoms with Crippen LogP contribution in [0.15, 0.2) is 0 Å². The number of nitrogens with zero attached hydrogens (tertiary/aromatic N) is 2. The highest BCUT2D eigenvalue weighted by Gasteiger charge is 2.30. The lowest BCUT2D eigenvalue weighted by molar-refractivity contribution is -0.139.